The average Bonchev–Trinajstić information content (AvgIpc) is 3.33. The van der Waals surface area contributed by atoms with Crippen molar-refractivity contribution in [1.29, 1.82) is 0 Å². The lowest BCUT2D eigenvalue weighted by Gasteiger charge is -2.19. The molecule has 3 rings (SSSR count). The van der Waals surface area contributed by atoms with Gasteiger partial charge in [-0.3, -0.25) is 4.79 Å². The van der Waals surface area contributed by atoms with Crippen LogP contribution < -0.4 is 10.5 Å². The number of ether oxygens (including phenoxy) is 2. The first kappa shape index (κ1) is 25.5. The molecule has 1 amide bonds. The van der Waals surface area contributed by atoms with Crippen molar-refractivity contribution in [2.75, 3.05) is 6.61 Å². The van der Waals surface area contributed by atoms with E-state index < -0.39 is 5.91 Å². The smallest absolute Gasteiger partial charge is 0.268 e. The second-order valence-electron chi connectivity index (χ2n) is 8.65. The first-order chi connectivity index (χ1) is 16.7. The van der Waals surface area contributed by atoms with Crippen LogP contribution in [0.2, 0.25) is 0 Å². The molecule has 34 heavy (non-hydrogen) atoms. The van der Waals surface area contributed by atoms with Gasteiger partial charge < -0.3 is 19.8 Å². The Kier molecular flexibility index (Phi) is 10.7. The molecule has 6 nitrogen and oxygen atoms in total. The molecule has 1 heterocycles. The number of hydrogen-bond donors (Lipinski definition) is 1. The summed E-state index contributed by atoms with van der Waals surface area (Å²) < 4.78 is 14.2. The molecule has 2 aromatic carbocycles. The van der Waals surface area contributed by atoms with Gasteiger partial charge in [0.2, 0.25) is 0 Å². The van der Waals surface area contributed by atoms with Gasteiger partial charge in [-0.25, -0.2) is 4.98 Å². The monoisotopic (exact) mass is 463 g/mol. The molecule has 0 aliphatic heterocycles. The normalized spacial score (nSPS) is 11.9. The van der Waals surface area contributed by atoms with Gasteiger partial charge in [0.05, 0.1) is 25.6 Å². The van der Waals surface area contributed by atoms with Crippen LogP contribution in [-0.2, 0) is 24.3 Å². The lowest BCUT2D eigenvalue weighted by atomic mass is 10.0. The number of imidazole rings is 1. The molecular weight excluding hydrogens is 426 g/mol. The lowest BCUT2D eigenvalue weighted by Crippen LogP contribution is -2.20. The van der Waals surface area contributed by atoms with Crippen molar-refractivity contribution in [2.45, 2.75) is 71.1 Å². The van der Waals surface area contributed by atoms with E-state index in [-0.39, 0.29) is 11.8 Å². The van der Waals surface area contributed by atoms with Gasteiger partial charge in [0, 0.05) is 12.7 Å². The summed E-state index contributed by atoms with van der Waals surface area (Å²) in [7, 11) is 0. The second-order valence-corrected chi connectivity index (χ2v) is 8.65. The SMILES string of the molecule is CCCCCCOc1ccccc1CCC[C@@H](Cn1cnc(C(N)=O)c1)OCc1ccccc1. The van der Waals surface area contributed by atoms with Gasteiger partial charge in [-0.05, 0) is 42.9 Å². The highest BCUT2D eigenvalue weighted by Crippen LogP contribution is 2.22. The van der Waals surface area contributed by atoms with Crippen molar-refractivity contribution >= 4 is 5.91 Å². The summed E-state index contributed by atoms with van der Waals surface area (Å²) in [5.74, 6) is 0.466. The zero-order valence-electron chi connectivity index (χ0n) is 20.2. The van der Waals surface area contributed by atoms with Crippen LogP contribution in [0.1, 0.15) is 67.1 Å². The maximum atomic E-state index is 11.4. The highest BCUT2D eigenvalue weighted by atomic mass is 16.5. The van der Waals surface area contributed by atoms with Crippen molar-refractivity contribution in [3.05, 3.63) is 83.9 Å². The number of nitrogens with zero attached hydrogens (tertiary/aromatic N) is 2. The maximum Gasteiger partial charge on any atom is 0.268 e. The Labute approximate surface area is 203 Å². The number of carbonyl (C=O) groups is 1. The minimum atomic E-state index is -0.521. The molecule has 0 bridgehead atoms. The van der Waals surface area contributed by atoms with Gasteiger partial charge in [0.1, 0.15) is 11.4 Å². The van der Waals surface area contributed by atoms with Crippen molar-refractivity contribution in [3.63, 3.8) is 0 Å². The van der Waals surface area contributed by atoms with Crippen LogP contribution in [-0.4, -0.2) is 28.2 Å². The van der Waals surface area contributed by atoms with E-state index in [1.807, 2.05) is 28.8 Å². The first-order valence-electron chi connectivity index (χ1n) is 12.3. The number of hydrogen-bond acceptors (Lipinski definition) is 4. The standard InChI is InChI=1S/C28H37N3O3/c1-2-3-4-10-18-33-27-17-9-8-14-24(27)15-11-16-25(34-21-23-12-6-5-7-13-23)19-31-20-26(28(29)32)30-22-31/h5-9,12-14,17,20,22,25H,2-4,10-11,15-16,18-19,21H2,1H3,(H2,29,32)/t25-/m0/s1. The summed E-state index contributed by atoms with van der Waals surface area (Å²) >= 11 is 0. The van der Waals surface area contributed by atoms with E-state index in [0.29, 0.717) is 13.2 Å². The molecule has 0 fully saturated rings. The number of carbonyl (C=O) groups excluding carboxylic acids is 1. The van der Waals surface area contributed by atoms with Crippen LogP contribution in [0.15, 0.2) is 67.1 Å². The second kappa shape index (κ2) is 14.2. The molecule has 0 aliphatic rings. The highest BCUT2D eigenvalue weighted by molar-refractivity contribution is 5.90. The van der Waals surface area contributed by atoms with Crippen molar-refractivity contribution < 1.29 is 14.3 Å². The minimum absolute atomic E-state index is 0.0164. The third kappa shape index (κ3) is 8.67. The highest BCUT2D eigenvalue weighted by Gasteiger charge is 2.14. The third-order valence-corrected chi connectivity index (χ3v) is 5.83. The zero-order valence-corrected chi connectivity index (χ0v) is 20.2. The van der Waals surface area contributed by atoms with E-state index in [4.69, 9.17) is 15.2 Å². The number of aryl methyl sites for hydroxylation is 1. The van der Waals surface area contributed by atoms with Gasteiger partial charge in [-0.1, -0.05) is 74.7 Å². The van der Waals surface area contributed by atoms with Crippen LogP contribution in [0.4, 0.5) is 0 Å². The molecule has 6 heteroatoms. The Balaban J connectivity index is 1.56. The summed E-state index contributed by atoms with van der Waals surface area (Å²) in [6.45, 7) is 4.14. The minimum Gasteiger partial charge on any atom is -0.493 e. The van der Waals surface area contributed by atoms with E-state index in [1.165, 1.54) is 24.8 Å². The predicted molar refractivity (Wildman–Crippen MR) is 135 cm³/mol. The molecule has 1 aromatic heterocycles. The molecule has 0 saturated carbocycles. The van der Waals surface area contributed by atoms with Crippen LogP contribution in [0.3, 0.4) is 0 Å². The molecule has 2 N–H and O–H groups in total. The zero-order chi connectivity index (χ0) is 24.0. The number of amides is 1. The number of aromatic nitrogens is 2. The summed E-state index contributed by atoms with van der Waals surface area (Å²) in [4.78, 5) is 15.5. The quantitative estimate of drug-likeness (QED) is 0.283. The Morgan fingerprint density at radius 3 is 2.59 bits per heavy atom. The van der Waals surface area contributed by atoms with E-state index in [1.54, 1.807) is 12.5 Å². The average molecular weight is 464 g/mol. The van der Waals surface area contributed by atoms with Crippen LogP contribution in [0.5, 0.6) is 5.75 Å². The topological polar surface area (TPSA) is 79.4 Å². The summed E-state index contributed by atoms with van der Waals surface area (Å²) in [5.41, 5.74) is 7.99. The first-order valence-corrected chi connectivity index (χ1v) is 12.3. The van der Waals surface area contributed by atoms with Gasteiger partial charge in [-0.2, -0.15) is 0 Å². The molecule has 0 spiro atoms. The Morgan fingerprint density at radius 2 is 1.82 bits per heavy atom. The molecule has 0 aliphatic carbocycles. The number of nitrogens with two attached hydrogens (primary N) is 1. The number of benzene rings is 2. The molecule has 0 unspecified atom stereocenters. The lowest BCUT2D eigenvalue weighted by molar-refractivity contribution is 0.0225. The summed E-state index contributed by atoms with van der Waals surface area (Å²) in [5, 5.41) is 0. The third-order valence-electron chi connectivity index (χ3n) is 5.83. The van der Waals surface area contributed by atoms with Gasteiger partial charge in [-0.15, -0.1) is 0 Å². The molecule has 182 valence electrons. The van der Waals surface area contributed by atoms with Gasteiger partial charge in [0.25, 0.3) is 5.91 Å². The largest absolute Gasteiger partial charge is 0.493 e. The number of para-hydroxylation sites is 1. The summed E-state index contributed by atoms with van der Waals surface area (Å²) in [6, 6.07) is 18.5. The van der Waals surface area contributed by atoms with Crippen LogP contribution in [0.25, 0.3) is 0 Å². The van der Waals surface area contributed by atoms with E-state index in [9.17, 15) is 4.79 Å². The van der Waals surface area contributed by atoms with Crippen molar-refractivity contribution in [2.24, 2.45) is 5.73 Å². The van der Waals surface area contributed by atoms with Crippen molar-refractivity contribution in [3.8, 4) is 5.75 Å². The van der Waals surface area contributed by atoms with E-state index in [2.05, 4.69) is 42.2 Å². The van der Waals surface area contributed by atoms with Crippen molar-refractivity contribution in [1.82, 2.24) is 9.55 Å². The molecule has 1 atom stereocenters. The van der Waals surface area contributed by atoms with Crippen LogP contribution >= 0.6 is 0 Å². The Bertz CT molecular complexity index is 987. The maximum absolute atomic E-state index is 11.4. The fourth-order valence-corrected chi connectivity index (χ4v) is 3.92. The summed E-state index contributed by atoms with van der Waals surface area (Å²) in [6.07, 6.45) is 10.9. The fraction of sp³-hybridized carbons (Fsp3) is 0.429. The van der Waals surface area contributed by atoms with Gasteiger partial charge in [0.15, 0.2) is 0 Å². The van der Waals surface area contributed by atoms with Crippen LogP contribution in [0, 0.1) is 0 Å². The number of primary amides is 1. The fourth-order valence-electron chi connectivity index (χ4n) is 3.92. The molecule has 0 saturated heterocycles. The van der Waals surface area contributed by atoms with E-state index >= 15 is 0 Å². The predicted octanol–water partition coefficient (Wildman–Crippen LogP) is 5.55. The van der Waals surface area contributed by atoms with E-state index in [0.717, 1.165) is 43.6 Å². The number of unbranched alkanes of at least 4 members (excludes halogenated alkanes) is 3. The Hall–Kier alpha value is -3.12. The molecule has 0 radical (unpaired) electrons. The number of rotatable bonds is 16. The van der Waals surface area contributed by atoms with Gasteiger partial charge >= 0.3 is 0 Å². The molecular formula is C28H37N3O3. The Morgan fingerprint density at radius 1 is 1.03 bits per heavy atom. The molecule has 3 aromatic rings.